The Kier molecular flexibility index (Phi) is 6.73. The fraction of sp³-hybridized carbons (Fsp3) is 0.483. The summed E-state index contributed by atoms with van der Waals surface area (Å²) in [7, 11) is 0. The first-order chi connectivity index (χ1) is 17.3. The highest BCUT2D eigenvalue weighted by molar-refractivity contribution is 6.01. The average Bonchev–Trinajstić information content (AvgIpc) is 3.02. The Balaban J connectivity index is 1.49. The van der Waals surface area contributed by atoms with Gasteiger partial charge in [0, 0.05) is 12.6 Å². The topological polar surface area (TPSA) is 76.5 Å². The normalized spacial score (nSPS) is 20.9. The number of carbonyl (C=O) groups excluding carboxylic acids is 2. The number of aromatic nitrogens is 2. The van der Waals surface area contributed by atoms with Gasteiger partial charge in [-0.15, -0.1) is 0 Å². The fourth-order valence-electron chi connectivity index (χ4n) is 5.47. The van der Waals surface area contributed by atoms with E-state index in [1.54, 1.807) is 4.90 Å². The van der Waals surface area contributed by atoms with E-state index in [1.165, 1.54) is 12.8 Å². The molecule has 2 aliphatic rings. The molecule has 1 saturated carbocycles. The largest absolute Gasteiger partial charge is 0.491 e. The monoisotopic (exact) mass is 488 g/mol. The van der Waals surface area contributed by atoms with Crippen LogP contribution in [0.3, 0.4) is 0 Å². The number of fused-ring (bicyclic) bond motifs is 3. The van der Waals surface area contributed by atoms with Gasteiger partial charge in [0.05, 0.1) is 23.7 Å². The summed E-state index contributed by atoms with van der Waals surface area (Å²) in [5.41, 5.74) is 1.54. The van der Waals surface area contributed by atoms with Gasteiger partial charge >= 0.3 is 0 Å². The Morgan fingerprint density at radius 3 is 2.47 bits per heavy atom. The minimum atomic E-state index is -1.05. The van der Waals surface area contributed by atoms with E-state index in [-0.39, 0.29) is 24.0 Å². The number of carbonyl (C=O) groups is 2. The molecule has 1 atom stereocenters. The van der Waals surface area contributed by atoms with E-state index in [2.05, 4.69) is 10.3 Å². The molecule has 0 unspecified atom stereocenters. The highest BCUT2D eigenvalue weighted by Gasteiger charge is 2.48. The Morgan fingerprint density at radius 1 is 1.08 bits per heavy atom. The zero-order valence-corrected chi connectivity index (χ0v) is 21.5. The van der Waals surface area contributed by atoms with Crippen LogP contribution in [0.25, 0.3) is 11.0 Å². The summed E-state index contributed by atoms with van der Waals surface area (Å²) in [6.07, 6.45) is 6.77. The number of imidazole rings is 1. The second-order valence-electron chi connectivity index (χ2n) is 10.6. The number of hydrogen-bond acceptors (Lipinski definition) is 4. The number of amides is 2. The van der Waals surface area contributed by atoms with E-state index in [9.17, 15) is 9.59 Å². The number of para-hydroxylation sites is 2. The summed E-state index contributed by atoms with van der Waals surface area (Å²) in [6.45, 7) is 6.56. The Morgan fingerprint density at radius 2 is 1.78 bits per heavy atom. The molecule has 1 aliphatic carbocycles. The van der Waals surface area contributed by atoms with Crippen LogP contribution in [0.15, 0.2) is 48.5 Å². The van der Waals surface area contributed by atoms with Gasteiger partial charge < -0.3 is 19.5 Å². The fourth-order valence-corrected chi connectivity index (χ4v) is 5.47. The van der Waals surface area contributed by atoms with Crippen LogP contribution in [-0.4, -0.2) is 44.0 Å². The first-order valence-electron chi connectivity index (χ1n) is 13.2. The lowest BCUT2D eigenvalue weighted by Gasteiger charge is -2.44. The summed E-state index contributed by atoms with van der Waals surface area (Å²) in [6, 6.07) is 15.7. The molecule has 2 aromatic carbocycles. The molecular formula is C29H36N4O3. The maximum absolute atomic E-state index is 13.9. The molecule has 2 amide bonds. The number of nitrogens with zero attached hydrogens (tertiary/aromatic N) is 3. The van der Waals surface area contributed by atoms with Gasteiger partial charge in [-0.1, -0.05) is 49.9 Å². The molecule has 0 saturated heterocycles. The summed E-state index contributed by atoms with van der Waals surface area (Å²) in [5.74, 6) is 0.856. The van der Waals surface area contributed by atoms with Crippen molar-refractivity contribution in [3.8, 4) is 5.75 Å². The van der Waals surface area contributed by atoms with Crippen molar-refractivity contribution in [3.05, 3.63) is 59.9 Å². The number of benzene rings is 2. The van der Waals surface area contributed by atoms with Crippen molar-refractivity contribution in [2.75, 3.05) is 0 Å². The van der Waals surface area contributed by atoms with Gasteiger partial charge in [0.25, 0.3) is 5.91 Å². The van der Waals surface area contributed by atoms with Crippen LogP contribution >= 0.6 is 0 Å². The summed E-state index contributed by atoms with van der Waals surface area (Å²) in [4.78, 5) is 34.2. The molecular weight excluding hydrogens is 452 g/mol. The molecule has 190 valence electrons. The molecule has 5 rings (SSSR count). The predicted octanol–water partition coefficient (Wildman–Crippen LogP) is 5.08. The first-order valence-corrected chi connectivity index (χ1v) is 13.2. The molecule has 0 radical (unpaired) electrons. The van der Waals surface area contributed by atoms with Crippen LogP contribution in [0.2, 0.25) is 0 Å². The van der Waals surface area contributed by atoms with Crippen LogP contribution in [0, 0.1) is 0 Å². The Labute approximate surface area is 212 Å². The Bertz CT molecular complexity index is 1240. The lowest BCUT2D eigenvalue weighted by Crippen LogP contribution is -2.64. The van der Waals surface area contributed by atoms with Crippen molar-refractivity contribution in [3.63, 3.8) is 0 Å². The third-order valence-electron chi connectivity index (χ3n) is 7.47. The Hall–Kier alpha value is -3.35. The van der Waals surface area contributed by atoms with Gasteiger partial charge in [-0.2, -0.15) is 0 Å². The van der Waals surface area contributed by atoms with Gasteiger partial charge in [0.1, 0.15) is 11.3 Å². The molecule has 7 nitrogen and oxygen atoms in total. The standard InChI is InChI=1S/C29H36N4O3/c1-20(2)36-23-16-14-21(15-17-23)18-33-27(34)26-31-24-12-8-9-13-25(24)32(26)19-29(33,3)28(35)30-22-10-6-4-5-7-11-22/h8-9,12-17,20,22H,4-7,10-11,18-19H2,1-3H3,(H,30,35)/t29-/m1/s1. The number of hydrogen-bond donors (Lipinski definition) is 1. The van der Waals surface area contributed by atoms with Crippen LogP contribution < -0.4 is 10.1 Å². The maximum Gasteiger partial charge on any atom is 0.291 e. The highest BCUT2D eigenvalue weighted by atomic mass is 16.5. The van der Waals surface area contributed by atoms with Crippen molar-refractivity contribution in [2.45, 2.75) is 90.1 Å². The minimum Gasteiger partial charge on any atom is -0.491 e. The van der Waals surface area contributed by atoms with E-state index in [4.69, 9.17) is 4.74 Å². The summed E-state index contributed by atoms with van der Waals surface area (Å²) >= 11 is 0. The molecule has 1 aliphatic heterocycles. The van der Waals surface area contributed by atoms with Crippen LogP contribution in [0.4, 0.5) is 0 Å². The van der Waals surface area contributed by atoms with Crippen molar-refractivity contribution >= 4 is 22.8 Å². The summed E-state index contributed by atoms with van der Waals surface area (Å²) < 4.78 is 7.69. The van der Waals surface area contributed by atoms with Crippen molar-refractivity contribution < 1.29 is 14.3 Å². The van der Waals surface area contributed by atoms with Crippen LogP contribution in [0.5, 0.6) is 5.75 Å². The van der Waals surface area contributed by atoms with Crippen molar-refractivity contribution in [2.24, 2.45) is 0 Å². The van der Waals surface area contributed by atoms with Crippen LogP contribution in [-0.2, 0) is 17.9 Å². The van der Waals surface area contributed by atoms with Gasteiger partial charge in [-0.3, -0.25) is 9.59 Å². The third-order valence-corrected chi connectivity index (χ3v) is 7.47. The van der Waals surface area contributed by atoms with Crippen molar-refractivity contribution in [1.29, 1.82) is 0 Å². The summed E-state index contributed by atoms with van der Waals surface area (Å²) in [5, 5.41) is 3.32. The highest BCUT2D eigenvalue weighted by Crippen LogP contribution is 2.33. The number of ether oxygens (including phenoxy) is 1. The van der Waals surface area contributed by atoms with E-state index in [1.807, 2.05) is 73.9 Å². The SMILES string of the molecule is CC(C)Oc1ccc(CN2C(=O)c3nc4ccccc4n3C[C@]2(C)C(=O)NC2CCCCCC2)cc1. The second kappa shape index (κ2) is 9.96. The van der Waals surface area contributed by atoms with E-state index in [0.717, 1.165) is 48.0 Å². The quantitative estimate of drug-likeness (QED) is 0.491. The van der Waals surface area contributed by atoms with Gasteiger partial charge in [-0.25, -0.2) is 4.98 Å². The van der Waals surface area contributed by atoms with Gasteiger partial charge in [0.15, 0.2) is 5.82 Å². The second-order valence-corrected chi connectivity index (χ2v) is 10.6. The van der Waals surface area contributed by atoms with Gasteiger partial charge in [0.2, 0.25) is 5.91 Å². The minimum absolute atomic E-state index is 0.0866. The molecule has 3 aromatic rings. The smallest absolute Gasteiger partial charge is 0.291 e. The molecule has 36 heavy (non-hydrogen) atoms. The number of rotatable bonds is 6. The van der Waals surface area contributed by atoms with Crippen molar-refractivity contribution in [1.82, 2.24) is 19.8 Å². The average molecular weight is 489 g/mol. The maximum atomic E-state index is 13.9. The lowest BCUT2D eigenvalue weighted by molar-refractivity contribution is -0.134. The third kappa shape index (κ3) is 4.71. The molecule has 1 fully saturated rings. The zero-order valence-electron chi connectivity index (χ0n) is 21.5. The number of nitrogens with one attached hydrogen (secondary N) is 1. The molecule has 2 heterocycles. The van der Waals surface area contributed by atoms with E-state index < -0.39 is 5.54 Å². The molecule has 0 bridgehead atoms. The first kappa shape index (κ1) is 24.3. The van der Waals surface area contributed by atoms with E-state index in [0.29, 0.717) is 18.9 Å². The predicted molar refractivity (Wildman–Crippen MR) is 140 cm³/mol. The van der Waals surface area contributed by atoms with Crippen LogP contribution in [0.1, 0.15) is 75.5 Å². The lowest BCUT2D eigenvalue weighted by atomic mass is 9.93. The molecule has 1 N–H and O–H groups in total. The van der Waals surface area contributed by atoms with Gasteiger partial charge in [-0.05, 0) is 63.4 Å². The molecule has 1 aromatic heterocycles. The zero-order chi connectivity index (χ0) is 25.3. The molecule has 7 heteroatoms. The molecule has 0 spiro atoms. The van der Waals surface area contributed by atoms with E-state index >= 15 is 0 Å².